The summed E-state index contributed by atoms with van der Waals surface area (Å²) in [7, 11) is 1.79. The molecule has 1 saturated heterocycles. The number of thioether (sulfide) groups is 1. The third-order valence-corrected chi connectivity index (χ3v) is 7.21. The highest BCUT2D eigenvalue weighted by Gasteiger charge is 2.39. The van der Waals surface area contributed by atoms with Crippen molar-refractivity contribution in [3.05, 3.63) is 46.9 Å². The standard InChI is InChI=1S/C24H31FN4O3S/c1-24(2,3)22-20-21(15-7-5-8-16(25)11-15)33-14-19(31)29(23(20)28(4)27-22)13-18(30)26-12-17-9-6-10-32-17/h5,7-8,11,17,21H,6,9-10,12-14H2,1-4H3,(H,26,30). The Hall–Kier alpha value is -2.39. The Morgan fingerprint density at radius 3 is 2.82 bits per heavy atom. The Bertz CT molecular complexity index is 1040. The molecule has 2 aromatic rings. The minimum Gasteiger partial charge on any atom is -0.376 e. The van der Waals surface area contributed by atoms with Crippen molar-refractivity contribution < 1.29 is 18.7 Å². The number of benzene rings is 1. The predicted octanol–water partition coefficient (Wildman–Crippen LogP) is 3.32. The maximum atomic E-state index is 14.1. The molecule has 4 rings (SSSR count). The fraction of sp³-hybridized carbons (Fsp3) is 0.542. The van der Waals surface area contributed by atoms with Crippen LogP contribution < -0.4 is 10.2 Å². The highest BCUT2D eigenvalue weighted by Crippen LogP contribution is 2.47. The fourth-order valence-corrected chi connectivity index (χ4v) is 5.60. The largest absolute Gasteiger partial charge is 0.376 e. The quantitative estimate of drug-likeness (QED) is 0.720. The lowest BCUT2D eigenvalue weighted by Crippen LogP contribution is -2.44. The van der Waals surface area contributed by atoms with Gasteiger partial charge in [0.15, 0.2) is 0 Å². The molecular formula is C24H31FN4O3S. The molecule has 2 amide bonds. The molecule has 2 unspecified atom stereocenters. The lowest BCUT2D eigenvalue weighted by atomic mass is 9.87. The van der Waals surface area contributed by atoms with Gasteiger partial charge in [-0.1, -0.05) is 32.9 Å². The van der Waals surface area contributed by atoms with Gasteiger partial charge in [-0.2, -0.15) is 5.10 Å². The highest BCUT2D eigenvalue weighted by molar-refractivity contribution is 8.00. The summed E-state index contributed by atoms with van der Waals surface area (Å²) in [6.07, 6.45) is 1.95. The Morgan fingerprint density at radius 2 is 2.15 bits per heavy atom. The van der Waals surface area contributed by atoms with E-state index in [1.807, 2.05) is 6.07 Å². The number of rotatable bonds is 5. The fourth-order valence-electron chi connectivity index (χ4n) is 4.41. The van der Waals surface area contributed by atoms with Crippen LogP contribution in [-0.2, 0) is 26.8 Å². The van der Waals surface area contributed by atoms with Crippen molar-refractivity contribution in [2.24, 2.45) is 7.05 Å². The van der Waals surface area contributed by atoms with E-state index in [2.05, 4.69) is 26.1 Å². The zero-order valence-corrected chi connectivity index (χ0v) is 20.4. The van der Waals surface area contributed by atoms with Gasteiger partial charge in [0.1, 0.15) is 18.2 Å². The minimum absolute atomic E-state index is 0.0291. The third kappa shape index (κ3) is 5.09. The predicted molar refractivity (Wildman–Crippen MR) is 127 cm³/mol. The minimum atomic E-state index is -0.322. The number of carbonyl (C=O) groups is 2. The molecular weight excluding hydrogens is 443 g/mol. The normalized spacial score (nSPS) is 21.1. The van der Waals surface area contributed by atoms with E-state index in [4.69, 9.17) is 9.84 Å². The molecule has 2 aliphatic heterocycles. The van der Waals surface area contributed by atoms with Crippen LogP contribution in [0.5, 0.6) is 0 Å². The zero-order chi connectivity index (χ0) is 23.8. The first kappa shape index (κ1) is 23.8. The first-order valence-electron chi connectivity index (χ1n) is 11.3. The number of hydrogen-bond acceptors (Lipinski definition) is 5. The van der Waals surface area contributed by atoms with Gasteiger partial charge in [0.25, 0.3) is 0 Å². The number of amides is 2. The van der Waals surface area contributed by atoms with Crippen molar-refractivity contribution in [1.29, 1.82) is 0 Å². The van der Waals surface area contributed by atoms with E-state index in [1.54, 1.807) is 17.8 Å². The van der Waals surface area contributed by atoms with Crippen molar-refractivity contribution in [3.63, 3.8) is 0 Å². The van der Waals surface area contributed by atoms with Crippen molar-refractivity contribution >= 4 is 29.4 Å². The molecule has 1 aromatic carbocycles. The molecule has 0 saturated carbocycles. The van der Waals surface area contributed by atoms with Gasteiger partial charge in [0, 0.05) is 31.2 Å². The van der Waals surface area contributed by atoms with E-state index in [9.17, 15) is 14.0 Å². The second kappa shape index (κ2) is 9.46. The average molecular weight is 475 g/mol. The number of nitrogens with one attached hydrogen (secondary N) is 1. The molecule has 1 aromatic heterocycles. The lowest BCUT2D eigenvalue weighted by Gasteiger charge is -2.24. The van der Waals surface area contributed by atoms with E-state index in [1.165, 1.54) is 28.8 Å². The van der Waals surface area contributed by atoms with Gasteiger partial charge in [0.2, 0.25) is 11.8 Å². The van der Waals surface area contributed by atoms with Crippen LogP contribution in [0.25, 0.3) is 0 Å². The summed E-state index contributed by atoms with van der Waals surface area (Å²) in [5, 5.41) is 7.40. The van der Waals surface area contributed by atoms with Crippen molar-refractivity contribution in [1.82, 2.24) is 15.1 Å². The van der Waals surface area contributed by atoms with E-state index in [0.717, 1.165) is 36.3 Å². The van der Waals surface area contributed by atoms with Crippen molar-refractivity contribution in [2.75, 3.05) is 30.3 Å². The summed E-state index contributed by atoms with van der Waals surface area (Å²) in [5.74, 6) is 0.0417. The lowest BCUT2D eigenvalue weighted by molar-refractivity contribution is -0.123. The van der Waals surface area contributed by atoms with E-state index in [-0.39, 0.29) is 46.7 Å². The Labute approximate surface area is 198 Å². The third-order valence-electron chi connectivity index (χ3n) is 5.96. The number of anilines is 1. The number of carbonyl (C=O) groups excluding carboxylic acids is 2. The Balaban J connectivity index is 1.71. The average Bonchev–Trinajstić information content (AvgIpc) is 3.35. The van der Waals surface area contributed by atoms with Gasteiger partial charge in [0.05, 0.1) is 22.8 Å². The van der Waals surface area contributed by atoms with Gasteiger partial charge >= 0.3 is 0 Å². The summed E-state index contributed by atoms with van der Waals surface area (Å²) in [6.45, 7) is 7.25. The molecule has 0 aliphatic carbocycles. The first-order chi connectivity index (χ1) is 15.6. The summed E-state index contributed by atoms with van der Waals surface area (Å²) in [6, 6.07) is 6.48. The highest BCUT2D eigenvalue weighted by atomic mass is 32.2. The van der Waals surface area contributed by atoms with Crippen LogP contribution in [0, 0.1) is 5.82 Å². The number of hydrogen-bond donors (Lipinski definition) is 1. The monoisotopic (exact) mass is 474 g/mol. The van der Waals surface area contributed by atoms with Gasteiger partial charge in [-0.05, 0) is 30.5 Å². The maximum Gasteiger partial charge on any atom is 0.240 e. The molecule has 1 N–H and O–H groups in total. The van der Waals surface area contributed by atoms with Crippen LogP contribution in [0.15, 0.2) is 24.3 Å². The van der Waals surface area contributed by atoms with Crippen molar-refractivity contribution in [3.8, 4) is 0 Å². The molecule has 178 valence electrons. The number of halogens is 1. The molecule has 2 atom stereocenters. The zero-order valence-electron chi connectivity index (χ0n) is 19.6. The van der Waals surface area contributed by atoms with Crippen LogP contribution in [0.2, 0.25) is 0 Å². The topological polar surface area (TPSA) is 76.5 Å². The molecule has 2 aliphatic rings. The Morgan fingerprint density at radius 1 is 1.36 bits per heavy atom. The number of ether oxygens (including phenoxy) is 1. The van der Waals surface area contributed by atoms with Crippen LogP contribution in [0.1, 0.15) is 55.7 Å². The molecule has 9 heteroatoms. The smallest absolute Gasteiger partial charge is 0.240 e. The molecule has 3 heterocycles. The van der Waals surface area contributed by atoms with Crippen LogP contribution in [0.3, 0.4) is 0 Å². The van der Waals surface area contributed by atoms with Gasteiger partial charge < -0.3 is 10.1 Å². The molecule has 33 heavy (non-hydrogen) atoms. The second-order valence-electron chi connectivity index (χ2n) is 9.62. The molecule has 7 nitrogen and oxygen atoms in total. The van der Waals surface area contributed by atoms with Crippen molar-refractivity contribution in [2.45, 2.75) is 50.4 Å². The summed E-state index contributed by atoms with van der Waals surface area (Å²) < 4.78 is 21.4. The molecule has 0 radical (unpaired) electrons. The van der Waals surface area contributed by atoms with Gasteiger partial charge in [-0.3, -0.25) is 19.2 Å². The summed E-state index contributed by atoms with van der Waals surface area (Å²) in [5.41, 5.74) is 2.16. The SMILES string of the molecule is Cn1nc(C(C)(C)C)c2c1N(CC(=O)NCC1CCCO1)C(=O)CSC2c1cccc(F)c1. The van der Waals surface area contributed by atoms with E-state index in [0.29, 0.717) is 12.4 Å². The van der Waals surface area contributed by atoms with Gasteiger partial charge in [-0.15, -0.1) is 11.8 Å². The Kier molecular flexibility index (Phi) is 6.81. The second-order valence-corrected chi connectivity index (χ2v) is 10.7. The van der Waals surface area contributed by atoms with Crippen LogP contribution >= 0.6 is 11.8 Å². The van der Waals surface area contributed by atoms with Crippen LogP contribution in [0.4, 0.5) is 10.2 Å². The number of aryl methyl sites for hydroxylation is 1. The van der Waals surface area contributed by atoms with E-state index < -0.39 is 0 Å². The molecule has 0 bridgehead atoms. The number of nitrogens with zero attached hydrogens (tertiary/aromatic N) is 3. The van der Waals surface area contributed by atoms with E-state index >= 15 is 0 Å². The summed E-state index contributed by atoms with van der Waals surface area (Å²) in [4.78, 5) is 27.5. The molecule has 0 spiro atoms. The molecule has 1 fully saturated rings. The number of aromatic nitrogens is 2. The van der Waals surface area contributed by atoms with Crippen LogP contribution in [-0.4, -0.2) is 53.1 Å². The summed E-state index contributed by atoms with van der Waals surface area (Å²) >= 11 is 1.44. The first-order valence-corrected chi connectivity index (χ1v) is 12.3. The maximum absolute atomic E-state index is 14.1. The van der Waals surface area contributed by atoms with Gasteiger partial charge in [-0.25, -0.2) is 4.39 Å². The number of fused-ring (bicyclic) bond motifs is 1.